The molecule has 0 aromatic heterocycles. The predicted octanol–water partition coefficient (Wildman–Crippen LogP) is 2.37. The van der Waals surface area contributed by atoms with Crippen LogP contribution in [0.4, 0.5) is 0 Å². The lowest BCUT2D eigenvalue weighted by Gasteiger charge is -2.10. The first kappa shape index (κ1) is 15.0. The minimum Gasteiger partial charge on any atom is -0.313 e. The van der Waals surface area contributed by atoms with Crippen LogP contribution < -0.4 is 5.32 Å². The SMILES string of the molecule is CC(C)CCCCCCNC1CCS(=O)(=O)C1. The summed E-state index contributed by atoms with van der Waals surface area (Å²) >= 11 is 0. The molecule has 0 amide bonds. The van der Waals surface area contributed by atoms with Gasteiger partial charge in [0.2, 0.25) is 0 Å². The monoisotopic (exact) mass is 261 g/mol. The molecular weight excluding hydrogens is 234 g/mol. The average molecular weight is 261 g/mol. The largest absolute Gasteiger partial charge is 0.313 e. The van der Waals surface area contributed by atoms with Crippen LogP contribution in [0.3, 0.4) is 0 Å². The topological polar surface area (TPSA) is 46.2 Å². The van der Waals surface area contributed by atoms with Gasteiger partial charge < -0.3 is 5.32 Å². The lowest BCUT2D eigenvalue weighted by molar-refractivity contribution is 0.495. The van der Waals surface area contributed by atoms with Gasteiger partial charge in [0.1, 0.15) is 0 Å². The van der Waals surface area contributed by atoms with E-state index in [0.29, 0.717) is 11.5 Å². The third-order valence-electron chi connectivity index (χ3n) is 3.37. The number of hydrogen-bond acceptors (Lipinski definition) is 3. The molecule has 0 saturated carbocycles. The van der Waals surface area contributed by atoms with Crippen molar-refractivity contribution in [1.29, 1.82) is 0 Å². The van der Waals surface area contributed by atoms with Crippen LogP contribution in [-0.4, -0.2) is 32.5 Å². The Morgan fingerprint density at radius 1 is 1.18 bits per heavy atom. The van der Waals surface area contributed by atoms with E-state index in [1.807, 2.05) is 0 Å². The minimum absolute atomic E-state index is 0.218. The molecule has 1 rings (SSSR count). The molecule has 0 aromatic rings. The van der Waals surface area contributed by atoms with Crippen LogP contribution in [0.1, 0.15) is 52.4 Å². The van der Waals surface area contributed by atoms with Crippen molar-refractivity contribution in [3.63, 3.8) is 0 Å². The zero-order chi connectivity index (χ0) is 12.7. The average Bonchev–Trinajstić information content (AvgIpc) is 2.56. The van der Waals surface area contributed by atoms with Crippen molar-refractivity contribution in [2.24, 2.45) is 5.92 Å². The van der Waals surface area contributed by atoms with Gasteiger partial charge in [0, 0.05) is 6.04 Å². The van der Waals surface area contributed by atoms with Crippen molar-refractivity contribution in [3.8, 4) is 0 Å². The van der Waals surface area contributed by atoms with Crippen molar-refractivity contribution in [3.05, 3.63) is 0 Å². The molecule has 1 atom stereocenters. The number of nitrogens with one attached hydrogen (secondary N) is 1. The number of rotatable bonds is 8. The lowest BCUT2D eigenvalue weighted by Crippen LogP contribution is -2.30. The van der Waals surface area contributed by atoms with Gasteiger partial charge in [0.15, 0.2) is 9.84 Å². The van der Waals surface area contributed by atoms with Crippen LogP contribution >= 0.6 is 0 Å². The Morgan fingerprint density at radius 2 is 1.88 bits per heavy atom. The highest BCUT2D eigenvalue weighted by Gasteiger charge is 2.26. The van der Waals surface area contributed by atoms with Gasteiger partial charge in [0.25, 0.3) is 0 Å². The molecule has 17 heavy (non-hydrogen) atoms. The Bertz CT molecular complexity index is 299. The van der Waals surface area contributed by atoms with E-state index in [0.717, 1.165) is 18.9 Å². The van der Waals surface area contributed by atoms with E-state index in [-0.39, 0.29) is 6.04 Å². The third-order valence-corrected chi connectivity index (χ3v) is 5.14. The van der Waals surface area contributed by atoms with Crippen LogP contribution in [0, 0.1) is 5.92 Å². The van der Waals surface area contributed by atoms with E-state index < -0.39 is 9.84 Å². The maximum absolute atomic E-state index is 11.2. The summed E-state index contributed by atoms with van der Waals surface area (Å²) in [5, 5.41) is 3.36. The van der Waals surface area contributed by atoms with Crippen LogP contribution in [0.15, 0.2) is 0 Å². The normalized spacial score (nSPS) is 23.4. The van der Waals surface area contributed by atoms with Crippen LogP contribution in [0.5, 0.6) is 0 Å². The first-order valence-corrected chi connectivity index (χ1v) is 8.75. The fourth-order valence-corrected chi connectivity index (χ4v) is 4.00. The molecular formula is C13H27NO2S. The summed E-state index contributed by atoms with van der Waals surface area (Å²) in [6.45, 7) is 5.51. The Labute approximate surface area is 106 Å². The van der Waals surface area contributed by atoms with Gasteiger partial charge in [-0.3, -0.25) is 0 Å². The van der Waals surface area contributed by atoms with E-state index in [2.05, 4.69) is 19.2 Å². The Kier molecular flexibility index (Phi) is 6.49. The molecule has 0 aromatic carbocycles. The molecule has 1 aliphatic heterocycles. The number of unbranched alkanes of at least 4 members (excludes halogenated alkanes) is 3. The highest BCUT2D eigenvalue weighted by atomic mass is 32.2. The van der Waals surface area contributed by atoms with E-state index >= 15 is 0 Å². The molecule has 0 aliphatic carbocycles. The maximum atomic E-state index is 11.2. The highest BCUT2D eigenvalue weighted by Crippen LogP contribution is 2.12. The van der Waals surface area contributed by atoms with Gasteiger partial charge in [-0.15, -0.1) is 0 Å². The smallest absolute Gasteiger partial charge is 0.151 e. The summed E-state index contributed by atoms with van der Waals surface area (Å²) in [6.07, 6.45) is 7.20. The van der Waals surface area contributed by atoms with Gasteiger partial charge in [-0.25, -0.2) is 8.42 Å². The first-order valence-electron chi connectivity index (χ1n) is 6.93. The van der Waals surface area contributed by atoms with E-state index in [1.54, 1.807) is 0 Å². The van der Waals surface area contributed by atoms with Crippen molar-refractivity contribution in [2.75, 3.05) is 18.1 Å². The van der Waals surface area contributed by atoms with Gasteiger partial charge in [-0.2, -0.15) is 0 Å². The molecule has 1 unspecified atom stereocenters. The summed E-state index contributed by atoms with van der Waals surface area (Å²) in [4.78, 5) is 0. The van der Waals surface area contributed by atoms with Crippen molar-refractivity contribution in [2.45, 2.75) is 58.4 Å². The molecule has 1 fully saturated rings. The van der Waals surface area contributed by atoms with Crippen LogP contribution in [0.25, 0.3) is 0 Å². The molecule has 1 saturated heterocycles. The molecule has 1 heterocycles. The second kappa shape index (κ2) is 7.37. The standard InChI is InChI=1S/C13H27NO2S/c1-12(2)7-5-3-4-6-9-14-13-8-10-17(15,16)11-13/h12-14H,3-11H2,1-2H3. The second-order valence-electron chi connectivity index (χ2n) is 5.65. The van der Waals surface area contributed by atoms with Gasteiger partial charge in [0.05, 0.1) is 11.5 Å². The molecule has 0 spiro atoms. The van der Waals surface area contributed by atoms with Gasteiger partial charge in [-0.05, 0) is 25.3 Å². The van der Waals surface area contributed by atoms with Gasteiger partial charge in [-0.1, -0.05) is 39.5 Å². The summed E-state index contributed by atoms with van der Waals surface area (Å²) in [6, 6.07) is 0.218. The maximum Gasteiger partial charge on any atom is 0.151 e. The lowest BCUT2D eigenvalue weighted by atomic mass is 10.0. The van der Waals surface area contributed by atoms with Crippen LogP contribution in [0.2, 0.25) is 0 Å². The Hall–Kier alpha value is -0.0900. The summed E-state index contributed by atoms with van der Waals surface area (Å²) in [5.74, 6) is 1.54. The molecule has 0 radical (unpaired) electrons. The van der Waals surface area contributed by atoms with Gasteiger partial charge >= 0.3 is 0 Å². The second-order valence-corrected chi connectivity index (χ2v) is 7.88. The molecule has 4 heteroatoms. The summed E-state index contributed by atoms with van der Waals surface area (Å²) in [5.41, 5.74) is 0. The fourth-order valence-electron chi connectivity index (χ4n) is 2.29. The van der Waals surface area contributed by atoms with E-state index in [9.17, 15) is 8.42 Å². The van der Waals surface area contributed by atoms with Crippen molar-refractivity contribution >= 4 is 9.84 Å². The summed E-state index contributed by atoms with van der Waals surface area (Å²) in [7, 11) is -2.72. The number of hydrogen-bond donors (Lipinski definition) is 1. The fraction of sp³-hybridized carbons (Fsp3) is 1.00. The Morgan fingerprint density at radius 3 is 2.47 bits per heavy atom. The van der Waals surface area contributed by atoms with Crippen molar-refractivity contribution < 1.29 is 8.42 Å². The third kappa shape index (κ3) is 7.04. The van der Waals surface area contributed by atoms with Crippen molar-refractivity contribution in [1.82, 2.24) is 5.32 Å². The Balaban J connectivity index is 1.91. The zero-order valence-electron chi connectivity index (χ0n) is 11.2. The number of sulfone groups is 1. The molecule has 1 aliphatic rings. The van der Waals surface area contributed by atoms with E-state index in [4.69, 9.17) is 0 Å². The molecule has 102 valence electrons. The first-order chi connectivity index (χ1) is 7.99. The zero-order valence-corrected chi connectivity index (χ0v) is 12.1. The molecule has 0 bridgehead atoms. The summed E-state index contributed by atoms with van der Waals surface area (Å²) < 4.78 is 22.5. The molecule has 3 nitrogen and oxygen atoms in total. The quantitative estimate of drug-likeness (QED) is 0.682. The van der Waals surface area contributed by atoms with Crippen LogP contribution in [-0.2, 0) is 9.84 Å². The highest BCUT2D eigenvalue weighted by molar-refractivity contribution is 7.91. The minimum atomic E-state index is -2.72. The predicted molar refractivity (Wildman–Crippen MR) is 73.0 cm³/mol. The molecule has 1 N–H and O–H groups in total. The van der Waals surface area contributed by atoms with E-state index in [1.165, 1.54) is 32.1 Å².